The molecule has 3 aromatic rings. The number of rotatable bonds is 13. The van der Waals surface area contributed by atoms with Gasteiger partial charge in [-0.3, -0.25) is 19.0 Å². The van der Waals surface area contributed by atoms with Crippen molar-refractivity contribution in [2.24, 2.45) is 5.92 Å². The Morgan fingerprint density at radius 1 is 1.00 bits per heavy atom. The number of hydrogen-bond acceptors (Lipinski definition) is 6. The van der Waals surface area contributed by atoms with Gasteiger partial charge in [-0.05, 0) is 69.3 Å². The van der Waals surface area contributed by atoms with Crippen molar-refractivity contribution in [3.8, 4) is 0 Å². The van der Waals surface area contributed by atoms with E-state index in [1.807, 2.05) is 19.1 Å². The van der Waals surface area contributed by atoms with E-state index >= 15 is 0 Å². The smallest absolute Gasteiger partial charge is 0.330 e. The highest BCUT2D eigenvalue weighted by Gasteiger charge is 2.51. The van der Waals surface area contributed by atoms with Crippen LogP contribution < -0.4 is 21.6 Å². The Kier molecular flexibility index (Phi) is 11.8. The molecule has 0 radical (unpaired) electrons. The van der Waals surface area contributed by atoms with E-state index < -0.39 is 28.5 Å². The van der Waals surface area contributed by atoms with Gasteiger partial charge >= 0.3 is 5.69 Å². The third kappa shape index (κ3) is 7.78. The van der Waals surface area contributed by atoms with Crippen LogP contribution in [0.4, 0.5) is 0 Å². The molecule has 0 amide bonds. The van der Waals surface area contributed by atoms with Crippen LogP contribution in [0.2, 0.25) is 5.04 Å². The monoisotopic (exact) mass is 653 g/mol. The van der Waals surface area contributed by atoms with Gasteiger partial charge in [0, 0.05) is 36.6 Å². The Morgan fingerprint density at radius 2 is 1.56 bits per heavy atom. The number of aromatic nitrogens is 2. The Bertz CT molecular complexity index is 1440. The predicted molar refractivity (Wildman–Crippen MR) is 187 cm³/mol. The van der Waals surface area contributed by atoms with Gasteiger partial charge in [0.2, 0.25) is 0 Å². The molecule has 4 unspecified atom stereocenters. The molecule has 8 nitrogen and oxygen atoms in total. The van der Waals surface area contributed by atoms with Gasteiger partial charge in [0.05, 0.1) is 12.7 Å². The van der Waals surface area contributed by atoms with Crippen molar-refractivity contribution >= 4 is 27.0 Å². The molecule has 246 valence electrons. The number of hydrogen-bond donors (Lipinski definition) is 1. The average Bonchev–Trinajstić information content (AvgIpc) is 3.37. The second-order valence-corrected chi connectivity index (χ2v) is 19.7. The molecule has 4 atom stereocenters. The van der Waals surface area contributed by atoms with E-state index in [1.165, 1.54) is 14.9 Å². The molecule has 1 fully saturated rings. The number of nitrogens with one attached hydrogen (secondary N) is 1. The summed E-state index contributed by atoms with van der Waals surface area (Å²) in [5, 5.41) is 2.24. The first-order valence-corrected chi connectivity index (χ1v) is 19.5. The quantitative estimate of drug-likeness (QED) is 0.186. The highest BCUT2D eigenvalue weighted by molar-refractivity contribution is 7.50. The van der Waals surface area contributed by atoms with Crippen LogP contribution in [0.15, 0.2) is 76.4 Å². The molecular weight excluding hydrogens is 601 g/mol. The SMILES string of the molecule is CCOP(CC1CC(n2cc(C)c(=O)[nH]c2=O)OC1CO[Si](c1ccccc1)(c1ccccc1)C(C)(C)C)N(C(C)C)C(C)C. The minimum Gasteiger partial charge on any atom is -0.405 e. The summed E-state index contributed by atoms with van der Waals surface area (Å²) in [5.74, 6) is 0.0741. The van der Waals surface area contributed by atoms with E-state index in [0.717, 1.165) is 6.16 Å². The van der Waals surface area contributed by atoms with Crippen LogP contribution in [-0.4, -0.2) is 60.1 Å². The zero-order valence-corrected chi connectivity index (χ0v) is 30.3. The van der Waals surface area contributed by atoms with Gasteiger partial charge in [-0.25, -0.2) is 4.79 Å². The van der Waals surface area contributed by atoms with E-state index in [4.69, 9.17) is 13.7 Å². The zero-order chi connectivity index (χ0) is 32.9. The van der Waals surface area contributed by atoms with Crippen molar-refractivity contribution in [1.82, 2.24) is 14.2 Å². The maximum atomic E-state index is 13.0. The fourth-order valence-electron chi connectivity index (χ4n) is 6.77. The molecule has 0 saturated carbocycles. The topological polar surface area (TPSA) is 85.8 Å². The molecule has 0 bridgehead atoms. The number of ether oxygens (including phenoxy) is 1. The van der Waals surface area contributed by atoms with Gasteiger partial charge in [0.25, 0.3) is 13.9 Å². The standard InChI is InChI=1S/C35H52N3O5PSi/c1-10-41-44(38(25(2)3)26(4)5)24-28-21-32(37-22-27(6)33(39)36-34(37)40)43-31(28)23-42-45(35(7,8)9,29-17-13-11-14-18-29)30-19-15-12-16-20-30/h11-20,22,25-26,28,31-32H,10,21,23-24H2,1-9H3,(H,36,39,40). The van der Waals surface area contributed by atoms with Gasteiger partial charge in [0.15, 0.2) is 0 Å². The summed E-state index contributed by atoms with van der Waals surface area (Å²) in [6, 6.07) is 21.9. The van der Waals surface area contributed by atoms with Crippen LogP contribution >= 0.6 is 8.30 Å². The summed E-state index contributed by atoms with van der Waals surface area (Å²) in [7, 11) is -3.75. The molecule has 0 aliphatic carbocycles. The third-order valence-corrected chi connectivity index (χ3v) is 16.5. The fourth-order valence-corrected chi connectivity index (χ4v) is 13.9. The Hall–Kier alpha value is -2.39. The molecule has 1 saturated heterocycles. The predicted octanol–water partition coefficient (Wildman–Crippen LogP) is 5.79. The second kappa shape index (κ2) is 15.0. The summed E-state index contributed by atoms with van der Waals surface area (Å²) < 4.78 is 24.6. The van der Waals surface area contributed by atoms with Gasteiger partial charge in [-0.1, -0.05) is 81.4 Å². The lowest BCUT2D eigenvalue weighted by Gasteiger charge is -2.44. The molecule has 2 aromatic carbocycles. The van der Waals surface area contributed by atoms with Gasteiger partial charge < -0.3 is 13.7 Å². The summed E-state index contributed by atoms with van der Waals surface area (Å²) >= 11 is 0. The van der Waals surface area contributed by atoms with Crippen molar-refractivity contribution in [3.05, 3.63) is 93.3 Å². The van der Waals surface area contributed by atoms with Crippen molar-refractivity contribution in [1.29, 1.82) is 0 Å². The minimum absolute atomic E-state index is 0.0741. The van der Waals surface area contributed by atoms with E-state index in [0.29, 0.717) is 37.3 Å². The van der Waals surface area contributed by atoms with E-state index in [-0.39, 0.29) is 22.6 Å². The van der Waals surface area contributed by atoms with Crippen LogP contribution in [0.25, 0.3) is 0 Å². The molecule has 1 N–H and O–H groups in total. The van der Waals surface area contributed by atoms with Crippen LogP contribution in [0.5, 0.6) is 0 Å². The molecule has 45 heavy (non-hydrogen) atoms. The maximum absolute atomic E-state index is 13.0. The fraction of sp³-hybridized carbons (Fsp3) is 0.543. The van der Waals surface area contributed by atoms with Crippen LogP contribution in [0.1, 0.15) is 73.6 Å². The molecule has 1 aromatic heterocycles. The lowest BCUT2D eigenvalue weighted by Crippen LogP contribution is -2.67. The molecular formula is C35H52N3O5PSi. The zero-order valence-electron chi connectivity index (χ0n) is 28.4. The minimum atomic E-state index is -2.82. The molecule has 1 aliphatic rings. The van der Waals surface area contributed by atoms with Gasteiger partial charge in [0.1, 0.15) is 14.5 Å². The summed E-state index contributed by atoms with van der Waals surface area (Å²) in [6.45, 7) is 20.5. The van der Waals surface area contributed by atoms with E-state index in [9.17, 15) is 9.59 Å². The lowest BCUT2D eigenvalue weighted by molar-refractivity contribution is -0.0281. The van der Waals surface area contributed by atoms with Crippen LogP contribution in [0.3, 0.4) is 0 Å². The highest BCUT2D eigenvalue weighted by Crippen LogP contribution is 2.50. The maximum Gasteiger partial charge on any atom is 0.330 e. The number of nitrogens with zero attached hydrogens (tertiary/aromatic N) is 2. The molecule has 1 aliphatic heterocycles. The first-order valence-electron chi connectivity index (χ1n) is 16.2. The first kappa shape index (κ1) is 35.5. The first-order chi connectivity index (χ1) is 21.3. The number of H-pyrrole nitrogens is 1. The summed E-state index contributed by atoms with van der Waals surface area (Å²) in [5.41, 5.74) is -0.355. The Labute approximate surface area is 271 Å². The van der Waals surface area contributed by atoms with Crippen LogP contribution in [-0.2, 0) is 13.7 Å². The normalized spacial score (nSPS) is 20.0. The highest BCUT2D eigenvalue weighted by atomic mass is 31.2. The van der Waals surface area contributed by atoms with Crippen molar-refractivity contribution < 1.29 is 13.7 Å². The van der Waals surface area contributed by atoms with Gasteiger partial charge in [-0.2, -0.15) is 0 Å². The van der Waals surface area contributed by atoms with Crippen LogP contribution in [0, 0.1) is 12.8 Å². The van der Waals surface area contributed by atoms with Gasteiger partial charge in [-0.15, -0.1) is 0 Å². The molecule has 10 heteroatoms. The second-order valence-electron chi connectivity index (χ2n) is 13.6. The average molecular weight is 654 g/mol. The number of aryl methyl sites for hydroxylation is 1. The van der Waals surface area contributed by atoms with E-state index in [2.05, 4.69) is 107 Å². The largest absolute Gasteiger partial charge is 0.405 e. The van der Waals surface area contributed by atoms with E-state index in [1.54, 1.807) is 13.1 Å². The molecule has 0 spiro atoms. The lowest BCUT2D eigenvalue weighted by atomic mass is 10.0. The Morgan fingerprint density at radius 3 is 2.04 bits per heavy atom. The summed E-state index contributed by atoms with van der Waals surface area (Å²) in [6.07, 6.45) is 2.24. The van der Waals surface area contributed by atoms with Crippen molar-refractivity contribution in [2.75, 3.05) is 19.4 Å². The van der Waals surface area contributed by atoms with Crippen molar-refractivity contribution in [2.45, 2.75) is 98.2 Å². The number of benzene rings is 2. The number of aromatic amines is 1. The molecule has 4 rings (SSSR count). The third-order valence-electron chi connectivity index (χ3n) is 8.68. The Balaban J connectivity index is 1.76. The van der Waals surface area contributed by atoms with Crippen molar-refractivity contribution in [3.63, 3.8) is 0 Å². The summed E-state index contributed by atoms with van der Waals surface area (Å²) in [4.78, 5) is 27.6. The molecule has 2 heterocycles.